The predicted octanol–water partition coefficient (Wildman–Crippen LogP) is 3.79. The lowest BCUT2D eigenvalue weighted by atomic mass is 10.1. The maximum absolute atomic E-state index is 10.3. The monoisotopic (exact) mass is 258 g/mol. The Morgan fingerprint density at radius 2 is 1.95 bits per heavy atom. The Kier molecular flexibility index (Phi) is 4.25. The van der Waals surface area contributed by atoms with Crippen molar-refractivity contribution in [1.82, 2.24) is 9.78 Å². The number of unbranched alkanes of at least 4 members (excludes halogenated alkanes) is 1. The Morgan fingerprint density at radius 1 is 1.21 bits per heavy atom. The van der Waals surface area contributed by atoms with Crippen molar-refractivity contribution in [3.05, 3.63) is 41.2 Å². The van der Waals surface area contributed by atoms with Crippen LogP contribution in [-0.2, 0) is 12.8 Å². The summed E-state index contributed by atoms with van der Waals surface area (Å²) in [6.45, 7) is 6.25. The van der Waals surface area contributed by atoms with Crippen LogP contribution in [0.1, 0.15) is 43.6 Å². The highest BCUT2D eigenvalue weighted by Crippen LogP contribution is 2.28. The van der Waals surface area contributed by atoms with E-state index >= 15 is 0 Å². The van der Waals surface area contributed by atoms with E-state index in [1.165, 1.54) is 5.56 Å². The molecule has 3 nitrogen and oxygen atoms in total. The van der Waals surface area contributed by atoms with E-state index in [1.807, 2.05) is 23.7 Å². The van der Waals surface area contributed by atoms with Gasteiger partial charge in [-0.2, -0.15) is 5.10 Å². The van der Waals surface area contributed by atoms with E-state index in [-0.39, 0.29) is 0 Å². The number of hydrogen-bond donors (Lipinski definition) is 1. The highest BCUT2D eigenvalue weighted by Gasteiger charge is 2.17. The van der Waals surface area contributed by atoms with Gasteiger partial charge in [-0.25, -0.2) is 4.68 Å². The van der Waals surface area contributed by atoms with Gasteiger partial charge in [-0.15, -0.1) is 0 Å². The molecule has 0 fully saturated rings. The fourth-order valence-corrected chi connectivity index (χ4v) is 2.30. The first-order chi connectivity index (χ1) is 9.19. The zero-order chi connectivity index (χ0) is 13.8. The smallest absolute Gasteiger partial charge is 0.160 e. The molecule has 0 aliphatic heterocycles. The third kappa shape index (κ3) is 2.65. The molecule has 0 atom stereocenters. The second-order valence-corrected chi connectivity index (χ2v) is 4.90. The Balaban J connectivity index is 2.52. The Bertz CT molecular complexity index is 558. The number of aromatic hydroxyl groups is 1. The van der Waals surface area contributed by atoms with Crippen LogP contribution in [0.4, 0.5) is 0 Å². The summed E-state index contributed by atoms with van der Waals surface area (Å²) < 4.78 is 1.92. The predicted molar refractivity (Wildman–Crippen MR) is 78.0 cm³/mol. The summed E-state index contributed by atoms with van der Waals surface area (Å²) in [5.41, 5.74) is 3.95. The summed E-state index contributed by atoms with van der Waals surface area (Å²) in [4.78, 5) is 0. The first kappa shape index (κ1) is 13.7. The molecule has 19 heavy (non-hydrogen) atoms. The molecule has 0 aliphatic carbocycles. The molecule has 0 aliphatic rings. The van der Waals surface area contributed by atoms with Crippen molar-refractivity contribution in [2.45, 2.75) is 46.5 Å². The molecular weight excluding hydrogens is 236 g/mol. The van der Waals surface area contributed by atoms with Crippen molar-refractivity contribution >= 4 is 0 Å². The molecule has 1 heterocycles. The van der Waals surface area contributed by atoms with Crippen molar-refractivity contribution in [3.8, 4) is 11.4 Å². The Labute approximate surface area is 114 Å². The normalized spacial score (nSPS) is 10.9. The van der Waals surface area contributed by atoms with Crippen LogP contribution in [0.2, 0.25) is 0 Å². The minimum Gasteiger partial charge on any atom is -0.504 e. The van der Waals surface area contributed by atoms with E-state index in [4.69, 9.17) is 0 Å². The van der Waals surface area contributed by atoms with Crippen LogP contribution in [-0.4, -0.2) is 14.9 Å². The number of para-hydroxylation sites is 1. The van der Waals surface area contributed by atoms with Gasteiger partial charge in [-0.1, -0.05) is 38.5 Å². The number of nitrogens with zero attached hydrogens (tertiary/aromatic N) is 2. The maximum Gasteiger partial charge on any atom is 0.160 e. The number of hydrogen-bond acceptors (Lipinski definition) is 2. The van der Waals surface area contributed by atoms with E-state index < -0.39 is 0 Å². The average molecular weight is 258 g/mol. The van der Waals surface area contributed by atoms with Gasteiger partial charge in [0.05, 0.1) is 11.4 Å². The lowest BCUT2D eigenvalue weighted by Crippen LogP contribution is -2.04. The Morgan fingerprint density at radius 3 is 2.58 bits per heavy atom. The highest BCUT2D eigenvalue weighted by atomic mass is 16.3. The summed E-state index contributed by atoms with van der Waals surface area (Å²) in [7, 11) is 0. The molecule has 1 N–H and O–H groups in total. The molecule has 0 amide bonds. The molecule has 0 spiro atoms. The molecule has 3 heteroatoms. The van der Waals surface area contributed by atoms with Gasteiger partial charge in [0, 0.05) is 0 Å². The fraction of sp³-hybridized carbons (Fsp3) is 0.438. The summed E-state index contributed by atoms with van der Waals surface area (Å²) in [5.74, 6) is 0.374. The molecule has 2 rings (SSSR count). The first-order valence-corrected chi connectivity index (χ1v) is 7.04. The third-order valence-electron chi connectivity index (χ3n) is 3.47. The van der Waals surface area contributed by atoms with Crippen LogP contribution < -0.4 is 0 Å². The summed E-state index contributed by atoms with van der Waals surface area (Å²) in [5, 5.41) is 14.9. The average Bonchev–Trinajstić information content (AvgIpc) is 2.73. The summed E-state index contributed by atoms with van der Waals surface area (Å²) in [6, 6.07) is 8.16. The minimum absolute atomic E-state index is 0.374. The van der Waals surface area contributed by atoms with Gasteiger partial charge in [0.25, 0.3) is 0 Å². The number of aryl methyl sites for hydroxylation is 2. The van der Waals surface area contributed by atoms with Gasteiger partial charge in [0.2, 0.25) is 0 Å². The van der Waals surface area contributed by atoms with Crippen LogP contribution in [0.5, 0.6) is 5.75 Å². The van der Waals surface area contributed by atoms with Gasteiger partial charge in [0.1, 0.15) is 5.69 Å². The molecule has 0 saturated heterocycles. The topological polar surface area (TPSA) is 38.1 Å². The molecule has 0 unspecified atom stereocenters. The van der Waals surface area contributed by atoms with E-state index in [9.17, 15) is 5.11 Å². The van der Waals surface area contributed by atoms with E-state index in [2.05, 4.69) is 31.1 Å². The van der Waals surface area contributed by atoms with E-state index in [0.29, 0.717) is 5.75 Å². The van der Waals surface area contributed by atoms with Crippen molar-refractivity contribution < 1.29 is 5.11 Å². The number of benzene rings is 1. The van der Waals surface area contributed by atoms with Crippen molar-refractivity contribution in [2.24, 2.45) is 0 Å². The summed E-state index contributed by atoms with van der Waals surface area (Å²) in [6.07, 6.45) is 3.79. The van der Waals surface area contributed by atoms with E-state index in [1.54, 1.807) is 0 Å². The van der Waals surface area contributed by atoms with Gasteiger partial charge in [-0.3, -0.25) is 0 Å². The fourth-order valence-electron chi connectivity index (χ4n) is 2.30. The SMILES string of the molecule is CCCCc1c(O)c(CC)nn1-c1ccccc1C. The second kappa shape index (κ2) is 5.91. The quantitative estimate of drug-likeness (QED) is 0.886. The number of rotatable bonds is 5. The first-order valence-electron chi connectivity index (χ1n) is 7.04. The molecule has 1 aromatic heterocycles. The standard InChI is InChI=1S/C16H22N2O/c1-4-6-10-15-16(19)13(5-2)17-18(15)14-11-8-7-9-12(14)3/h7-9,11,19H,4-6,10H2,1-3H3. The molecular formula is C16H22N2O. The van der Waals surface area contributed by atoms with Crippen molar-refractivity contribution in [1.29, 1.82) is 0 Å². The van der Waals surface area contributed by atoms with Gasteiger partial charge in [-0.05, 0) is 37.8 Å². The molecule has 0 bridgehead atoms. The largest absolute Gasteiger partial charge is 0.504 e. The lowest BCUT2D eigenvalue weighted by Gasteiger charge is -2.09. The molecule has 0 saturated carbocycles. The summed E-state index contributed by atoms with van der Waals surface area (Å²) >= 11 is 0. The second-order valence-electron chi connectivity index (χ2n) is 4.90. The minimum atomic E-state index is 0.374. The van der Waals surface area contributed by atoms with Crippen LogP contribution in [0, 0.1) is 6.92 Å². The van der Waals surface area contributed by atoms with Crippen LogP contribution in [0.15, 0.2) is 24.3 Å². The Hall–Kier alpha value is -1.77. The highest BCUT2D eigenvalue weighted by molar-refractivity contribution is 5.45. The number of aromatic nitrogens is 2. The van der Waals surface area contributed by atoms with E-state index in [0.717, 1.165) is 42.8 Å². The third-order valence-corrected chi connectivity index (χ3v) is 3.47. The van der Waals surface area contributed by atoms with Crippen LogP contribution in [0.25, 0.3) is 5.69 Å². The molecule has 0 radical (unpaired) electrons. The lowest BCUT2D eigenvalue weighted by molar-refractivity contribution is 0.460. The molecule has 102 valence electrons. The maximum atomic E-state index is 10.3. The van der Waals surface area contributed by atoms with Gasteiger partial charge >= 0.3 is 0 Å². The molecule has 2 aromatic rings. The van der Waals surface area contributed by atoms with Crippen molar-refractivity contribution in [2.75, 3.05) is 0 Å². The zero-order valence-electron chi connectivity index (χ0n) is 12.0. The van der Waals surface area contributed by atoms with Crippen molar-refractivity contribution in [3.63, 3.8) is 0 Å². The molecule has 1 aromatic carbocycles. The van der Waals surface area contributed by atoms with Crippen LogP contribution in [0.3, 0.4) is 0 Å². The van der Waals surface area contributed by atoms with Crippen LogP contribution >= 0.6 is 0 Å². The zero-order valence-corrected chi connectivity index (χ0v) is 12.0. The van der Waals surface area contributed by atoms with Gasteiger partial charge < -0.3 is 5.11 Å². The van der Waals surface area contributed by atoms with Gasteiger partial charge in [0.15, 0.2) is 5.75 Å².